The third-order valence-electron chi connectivity index (χ3n) is 2.75. The van der Waals surface area contributed by atoms with E-state index < -0.39 is 7.60 Å². The van der Waals surface area contributed by atoms with E-state index in [1.807, 2.05) is 35.0 Å². The molecule has 0 saturated heterocycles. The Morgan fingerprint density at radius 2 is 1.94 bits per heavy atom. The van der Waals surface area contributed by atoms with E-state index in [0.717, 1.165) is 16.5 Å². The molecule has 5 heteroatoms. The van der Waals surface area contributed by atoms with Crippen molar-refractivity contribution in [3.63, 3.8) is 0 Å². The summed E-state index contributed by atoms with van der Waals surface area (Å²) in [5.41, 5.74) is 1.88. The Kier molecular flexibility index (Phi) is 3.38. The minimum Gasteiger partial charge on any atom is -0.335 e. The number of fused-ring (bicyclic) bond motifs is 1. The molecule has 1 radical (unpaired) electrons. The Bertz CT molecular complexity index is 568. The number of nitrogens with zero attached hydrogens (tertiary/aromatic N) is 1. The molecule has 91 valence electrons. The van der Waals surface area contributed by atoms with Gasteiger partial charge in [0.25, 0.3) is 0 Å². The van der Waals surface area contributed by atoms with Gasteiger partial charge in [-0.2, -0.15) is 0 Å². The number of hydrogen-bond donors (Lipinski definition) is 0. The molecule has 0 N–H and O–H groups in total. The van der Waals surface area contributed by atoms with Crippen molar-refractivity contribution in [2.45, 2.75) is 6.29 Å². The van der Waals surface area contributed by atoms with Crippen LogP contribution in [0.1, 0.15) is 5.56 Å². The van der Waals surface area contributed by atoms with Crippen molar-refractivity contribution in [1.29, 1.82) is 0 Å². The van der Waals surface area contributed by atoms with Crippen LogP contribution in [0.25, 0.3) is 10.9 Å². The Morgan fingerprint density at radius 3 is 2.59 bits per heavy atom. The van der Waals surface area contributed by atoms with E-state index in [0.29, 0.717) is 0 Å². The van der Waals surface area contributed by atoms with E-state index in [2.05, 4.69) is 6.92 Å². The number of para-hydroxylation sites is 1. The summed E-state index contributed by atoms with van der Waals surface area (Å²) in [4.78, 5) is 0. The highest BCUT2D eigenvalue weighted by Crippen LogP contribution is 2.48. The van der Waals surface area contributed by atoms with Gasteiger partial charge in [0, 0.05) is 31.3 Å². The van der Waals surface area contributed by atoms with Gasteiger partial charge in [-0.25, -0.2) is 0 Å². The lowest BCUT2D eigenvalue weighted by molar-refractivity contribution is 0.269. The van der Waals surface area contributed by atoms with Crippen LogP contribution in [0.3, 0.4) is 0 Å². The first-order chi connectivity index (χ1) is 8.09. The standard InChI is InChI=1S/C12H15NO3P/c1-10-8-13(9-17(14,15-2)16-3)12-7-5-4-6-11(10)12/h4-8H,1,9H2,2-3H3. The first-order valence-electron chi connectivity index (χ1n) is 5.20. The summed E-state index contributed by atoms with van der Waals surface area (Å²) >= 11 is 0. The molecular formula is C12H15NO3P. The molecule has 0 aliphatic heterocycles. The monoisotopic (exact) mass is 252 g/mol. The maximum absolute atomic E-state index is 12.1. The Balaban J connectivity index is 2.47. The highest BCUT2D eigenvalue weighted by atomic mass is 31.2. The van der Waals surface area contributed by atoms with Gasteiger partial charge in [-0.1, -0.05) is 18.2 Å². The molecule has 2 aromatic rings. The predicted octanol–water partition coefficient (Wildman–Crippen LogP) is 3.27. The summed E-state index contributed by atoms with van der Waals surface area (Å²) in [5.74, 6) is 0. The van der Waals surface area contributed by atoms with Crippen LogP contribution in [0.15, 0.2) is 30.5 Å². The maximum atomic E-state index is 12.1. The molecule has 1 aromatic heterocycles. The van der Waals surface area contributed by atoms with E-state index in [1.54, 1.807) is 0 Å². The van der Waals surface area contributed by atoms with Gasteiger partial charge in [0.05, 0.1) is 0 Å². The number of aromatic nitrogens is 1. The fourth-order valence-electron chi connectivity index (χ4n) is 1.82. The second kappa shape index (κ2) is 4.65. The van der Waals surface area contributed by atoms with Gasteiger partial charge in [-0.05, 0) is 18.6 Å². The second-order valence-electron chi connectivity index (χ2n) is 3.76. The van der Waals surface area contributed by atoms with Crippen molar-refractivity contribution >= 4 is 18.5 Å². The largest absolute Gasteiger partial charge is 0.349 e. The second-order valence-corrected chi connectivity index (χ2v) is 5.99. The van der Waals surface area contributed by atoms with E-state index in [-0.39, 0.29) is 6.29 Å². The van der Waals surface area contributed by atoms with E-state index in [9.17, 15) is 4.57 Å². The lowest BCUT2D eigenvalue weighted by atomic mass is 10.2. The lowest BCUT2D eigenvalue weighted by Crippen LogP contribution is -2.00. The van der Waals surface area contributed by atoms with E-state index in [4.69, 9.17) is 9.05 Å². The molecule has 0 amide bonds. The molecule has 0 spiro atoms. The molecule has 0 aliphatic rings. The summed E-state index contributed by atoms with van der Waals surface area (Å²) in [5, 5.41) is 1.05. The quantitative estimate of drug-likeness (QED) is 0.784. The van der Waals surface area contributed by atoms with E-state index >= 15 is 0 Å². The molecule has 0 unspecified atom stereocenters. The van der Waals surface area contributed by atoms with Crippen molar-refractivity contribution in [1.82, 2.24) is 4.57 Å². The lowest BCUT2D eigenvalue weighted by Gasteiger charge is -2.14. The number of hydrogen-bond acceptors (Lipinski definition) is 3. The van der Waals surface area contributed by atoms with Gasteiger partial charge in [-0.3, -0.25) is 4.57 Å². The Hall–Kier alpha value is -1.09. The van der Waals surface area contributed by atoms with Crippen LogP contribution in [-0.4, -0.2) is 18.8 Å². The highest BCUT2D eigenvalue weighted by Gasteiger charge is 2.22. The Labute approximate surface area is 101 Å². The molecule has 1 aromatic carbocycles. The average molecular weight is 252 g/mol. The normalized spacial score (nSPS) is 12.2. The number of benzene rings is 1. The molecule has 0 fully saturated rings. The minimum absolute atomic E-state index is 0.191. The summed E-state index contributed by atoms with van der Waals surface area (Å²) < 4.78 is 23.8. The first-order valence-corrected chi connectivity index (χ1v) is 6.93. The summed E-state index contributed by atoms with van der Waals surface area (Å²) in [6, 6.07) is 7.83. The fraction of sp³-hybridized carbons (Fsp3) is 0.250. The molecule has 1 heterocycles. The van der Waals surface area contributed by atoms with Crippen LogP contribution in [0.5, 0.6) is 0 Å². The van der Waals surface area contributed by atoms with Gasteiger partial charge in [0.2, 0.25) is 0 Å². The maximum Gasteiger partial charge on any atom is 0.349 e. The zero-order valence-corrected chi connectivity index (χ0v) is 10.8. The molecule has 0 bridgehead atoms. The summed E-state index contributed by atoms with van der Waals surface area (Å²) in [6.07, 6.45) is 2.05. The fourth-order valence-corrected chi connectivity index (χ4v) is 2.80. The topological polar surface area (TPSA) is 40.5 Å². The molecular weight excluding hydrogens is 237 g/mol. The van der Waals surface area contributed by atoms with Crippen LogP contribution in [0, 0.1) is 6.92 Å². The molecule has 4 nitrogen and oxygen atoms in total. The zero-order valence-electron chi connectivity index (χ0n) is 9.92. The zero-order chi connectivity index (χ0) is 12.5. The predicted molar refractivity (Wildman–Crippen MR) is 68.0 cm³/mol. The van der Waals surface area contributed by atoms with Crippen LogP contribution in [-0.2, 0) is 19.9 Å². The molecule has 0 atom stereocenters. The van der Waals surface area contributed by atoms with Gasteiger partial charge < -0.3 is 13.6 Å². The van der Waals surface area contributed by atoms with Gasteiger partial charge >= 0.3 is 7.60 Å². The number of rotatable bonds is 4. The van der Waals surface area contributed by atoms with Gasteiger partial charge in [0.15, 0.2) is 0 Å². The third kappa shape index (κ3) is 2.29. The first kappa shape index (κ1) is 12.4. The van der Waals surface area contributed by atoms with Crippen molar-refractivity contribution in [2.75, 3.05) is 14.2 Å². The van der Waals surface area contributed by atoms with Crippen LogP contribution < -0.4 is 0 Å². The van der Waals surface area contributed by atoms with Crippen LogP contribution in [0.4, 0.5) is 0 Å². The SMILES string of the molecule is [CH2]c1cn(CP(=O)(OC)OC)c2ccccc12. The van der Waals surface area contributed by atoms with Crippen molar-refractivity contribution in [3.05, 3.63) is 42.9 Å². The summed E-state index contributed by atoms with van der Waals surface area (Å²) in [7, 11) is -0.279. The highest BCUT2D eigenvalue weighted by molar-refractivity contribution is 7.52. The Morgan fingerprint density at radius 1 is 1.29 bits per heavy atom. The van der Waals surface area contributed by atoms with Gasteiger partial charge in [-0.15, -0.1) is 0 Å². The van der Waals surface area contributed by atoms with E-state index in [1.165, 1.54) is 14.2 Å². The van der Waals surface area contributed by atoms with Gasteiger partial charge in [0.1, 0.15) is 6.29 Å². The molecule has 0 aliphatic carbocycles. The van der Waals surface area contributed by atoms with Crippen molar-refractivity contribution in [2.24, 2.45) is 0 Å². The minimum atomic E-state index is -3.06. The van der Waals surface area contributed by atoms with Crippen molar-refractivity contribution in [3.8, 4) is 0 Å². The smallest absolute Gasteiger partial charge is 0.335 e. The molecule has 17 heavy (non-hydrogen) atoms. The third-order valence-corrected chi connectivity index (χ3v) is 4.52. The van der Waals surface area contributed by atoms with Crippen LogP contribution >= 0.6 is 7.60 Å². The summed E-state index contributed by atoms with van der Waals surface area (Å²) in [6.45, 7) is 3.96. The van der Waals surface area contributed by atoms with Crippen molar-refractivity contribution < 1.29 is 13.6 Å². The van der Waals surface area contributed by atoms with Crippen LogP contribution in [0.2, 0.25) is 0 Å². The average Bonchev–Trinajstić information content (AvgIpc) is 2.67. The molecule has 2 rings (SSSR count). The molecule has 0 saturated carbocycles.